The molecule has 2 rings (SSSR count). The SMILES string of the molecule is CCc1ccccc1NC(=S)NC(NC(=O)c1ccccc1F)C(Cl)(Cl)Cl. The maximum atomic E-state index is 13.8. The van der Waals surface area contributed by atoms with Gasteiger partial charge in [0.15, 0.2) is 5.11 Å². The summed E-state index contributed by atoms with van der Waals surface area (Å²) in [4.78, 5) is 12.3. The number of hydrogen-bond donors (Lipinski definition) is 3. The number of amides is 1. The first-order chi connectivity index (χ1) is 12.7. The fourth-order valence-electron chi connectivity index (χ4n) is 2.29. The average molecular weight is 449 g/mol. The molecule has 0 spiro atoms. The Balaban J connectivity index is 2.12. The number of anilines is 1. The molecule has 3 N–H and O–H groups in total. The molecule has 1 atom stereocenters. The van der Waals surface area contributed by atoms with Gasteiger partial charge in [0.1, 0.15) is 12.0 Å². The fourth-order valence-corrected chi connectivity index (χ4v) is 2.85. The highest BCUT2D eigenvalue weighted by molar-refractivity contribution is 7.80. The summed E-state index contributed by atoms with van der Waals surface area (Å²) in [5.41, 5.74) is 1.66. The zero-order valence-corrected chi connectivity index (χ0v) is 17.3. The molecule has 27 heavy (non-hydrogen) atoms. The van der Waals surface area contributed by atoms with Crippen LogP contribution in [0.5, 0.6) is 0 Å². The van der Waals surface area contributed by atoms with Crippen molar-refractivity contribution in [2.24, 2.45) is 0 Å². The second kappa shape index (κ2) is 9.55. The molecular formula is C18H17Cl3FN3OS. The lowest BCUT2D eigenvalue weighted by Gasteiger charge is -2.28. The van der Waals surface area contributed by atoms with E-state index in [-0.39, 0.29) is 10.7 Å². The number of para-hydroxylation sites is 1. The summed E-state index contributed by atoms with van der Waals surface area (Å²) in [5, 5.41) is 8.34. The first-order valence-corrected chi connectivity index (χ1v) is 9.54. The van der Waals surface area contributed by atoms with Crippen LogP contribution in [0.4, 0.5) is 10.1 Å². The zero-order valence-electron chi connectivity index (χ0n) is 14.2. The van der Waals surface area contributed by atoms with Crippen LogP contribution >= 0.6 is 47.0 Å². The maximum absolute atomic E-state index is 13.8. The highest BCUT2D eigenvalue weighted by atomic mass is 35.6. The third-order valence-corrected chi connectivity index (χ3v) is 4.52. The molecule has 0 bridgehead atoms. The first kappa shape index (κ1) is 21.7. The summed E-state index contributed by atoms with van der Waals surface area (Å²) >= 11 is 23.1. The van der Waals surface area contributed by atoms with Gasteiger partial charge in [-0.2, -0.15) is 0 Å². The molecule has 0 aliphatic rings. The Morgan fingerprint density at radius 1 is 1.11 bits per heavy atom. The molecule has 9 heteroatoms. The van der Waals surface area contributed by atoms with Gasteiger partial charge in [0.2, 0.25) is 3.79 Å². The van der Waals surface area contributed by atoms with E-state index in [1.807, 2.05) is 31.2 Å². The summed E-state index contributed by atoms with van der Waals surface area (Å²) in [6.45, 7) is 2.01. The lowest BCUT2D eigenvalue weighted by atomic mass is 10.1. The van der Waals surface area contributed by atoms with E-state index in [0.29, 0.717) is 0 Å². The van der Waals surface area contributed by atoms with Gasteiger partial charge >= 0.3 is 0 Å². The average Bonchev–Trinajstić information content (AvgIpc) is 2.61. The van der Waals surface area contributed by atoms with Gasteiger partial charge in [0.25, 0.3) is 5.91 Å². The van der Waals surface area contributed by atoms with Crippen LogP contribution in [0.3, 0.4) is 0 Å². The Morgan fingerprint density at radius 2 is 1.74 bits per heavy atom. The van der Waals surface area contributed by atoms with Crippen molar-refractivity contribution < 1.29 is 9.18 Å². The monoisotopic (exact) mass is 447 g/mol. The molecule has 0 saturated carbocycles. The fraction of sp³-hybridized carbons (Fsp3) is 0.222. The van der Waals surface area contributed by atoms with Crippen LogP contribution in [0, 0.1) is 5.82 Å². The third kappa shape index (κ3) is 6.21. The van der Waals surface area contributed by atoms with Gasteiger partial charge in [-0.1, -0.05) is 72.1 Å². The van der Waals surface area contributed by atoms with Crippen molar-refractivity contribution in [2.75, 3.05) is 5.32 Å². The lowest BCUT2D eigenvalue weighted by Crippen LogP contribution is -2.56. The Kier molecular flexibility index (Phi) is 7.68. The van der Waals surface area contributed by atoms with Crippen LogP contribution in [0.25, 0.3) is 0 Å². The van der Waals surface area contributed by atoms with Gasteiger partial charge in [-0.3, -0.25) is 4.79 Å². The van der Waals surface area contributed by atoms with Gasteiger partial charge in [-0.05, 0) is 42.4 Å². The first-order valence-electron chi connectivity index (χ1n) is 8.00. The van der Waals surface area contributed by atoms with Gasteiger partial charge < -0.3 is 16.0 Å². The molecule has 0 radical (unpaired) electrons. The van der Waals surface area contributed by atoms with Crippen molar-refractivity contribution in [1.29, 1.82) is 0 Å². The normalized spacial score (nSPS) is 12.2. The highest BCUT2D eigenvalue weighted by Crippen LogP contribution is 2.29. The molecule has 0 aromatic heterocycles. The number of thiocarbonyl (C=S) groups is 1. The highest BCUT2D eigenvalue weighted by Gasteiger charge is 2.35. The minimum atomic E-state index is -1.93. The minimum absolute atomic E-state index is 0.140. The second-order valence-corrected chi connectivity index (χ2v) is 8.31. The summed E-state index contributed by atoms with van der Waals surface area (Å²) in [7, 11) is 0. The minimum Gasteiger partial charge on any atom is -0.339 e. The number of benzene rings is 2. The van der Waals surface area contributed by atoms with Crippen LogP contribution < -0.4 is 16.0 Å². The van der Waals surface area contributed by atoms with Crippen LogP contribution in [-0.2, 0) is 6.42 Å². The van der Waals surface area contributed by atoms with E-state index in [1.165, 1.54) is 24.3 Å². The van der Waals surface area contributed by atoms with Gasteiger partial charge in [0.05, 0.1) is 5.56 Å². The van der Waals surface area contributed by atoms with Crippen LogP contribution in [0.1, 0.15) is 22.8 Å². The van der Waals surface area contributed by atoms with Crippen molar-refractivity contribution in [3.8, 4) is 0 Å². The standard InChI is InChI=1S/C18H17Cl3FN3OS/c1-2-11-7-3-6-10-14(11)23-17(27)25-16(18(19,20)21)24-15(26)12-8-4-5-9-13(12)22/h3-10,16H,2H2,1H3,(H,24,26)(H2,23,25,27). The molecular weight excluding hydrogens is 432 g/mol. The molecule has 0 fully saturated rings. The lowest BCUT2D eigenvalue weighted by molar-refractivity contribution is 0.0930. The molecule has 1 unspecified atom stereocenters. The topological polar surface area (TPSA) is 53.2 Å². The van der Waals surface area contributed by atoms with E-state index in [9.17, 15) is 9.18 Å². The van der Waals surface area contributed by atoms with E-state index in [0.717, 1.165) is 17.7 Å². The Hall–Kier alpha value is -1.60. The number of halogens is 4. The number of hydrogen-bond acceptors (Lipinski definition) is 2. The quantitative estimate of drug-likeness (QED) is 0.349. The Morgan fingerprint density at radius 3 is 2.37 bits per heavy atom. The summed E-state index contributed by atoms with van der Waals surface area (Å²) < 4.78 is 11.9. The second-order valence-electron chi connectivity index (χ2n) is 5.54. The molecule has 144 valence electrons. The smallest absolute Gasteiger partial charge is 0.255 e. The number of aryl methyl sites for hydroxylation is 1. The van der Waals surface area contributed by atoms with Crippen molar-refractivity contribution in [1.82, 2.24) is 10.6 Å². The summed E-state index contributed by atoms with van der Waals surface area (Å²) in [6, 6.07) is 13.1. The summed E-state index contributed by atoms with van der Waals surface area (Å²) in [5.74, 6) is -1.43. The molecule has 0 saturated heterocycles. The number of carbonyl (C=O) groups excluding carboxylic acids is 1. The molecule has 0 heterocycles. The van der Waals surface area contributed by atoms with Crippen molar-refractivity contribution in [3.05, 3.63) is 65.5 Å². The van der Waals surface area contributed by atoms with E-state index in [4.69, 9.17) is 47.0 Å². The van der Waals surface area contributed by atoms with E-state index in [1.54, 1.807) is 0 Å². The molecule has 1 amide bonds. The van der Waals surface area contributed by atoms with E-state index < -0.39 is 21.7 Å². The van der Waals surface area contributed by atoms with Crippen LogP contribution in [0.2, 0.25) is 0 Å². The third-order valence-electron chi connectivity index (χ3n) is 3.64. The summed E-state index contributed by atoms with van der Waals surface area (Å²) in [6.07, 6.45) is -0.396. The molecule has 4 nitrogen and oxygen atoms in total. The number of carbonyl (C=O) groups is 1. The number of alkyl halides is 3. The molecule has 2 aromatic carbocycles. The van der Waals surface area contributed by atoms with E-state index >= 15 is 0 Å². The van der Waals surface area contributed by atoms with Crippen LogP contribution in [0.15, 0.2) is 48.5 Å². The van der Waals surface area contributed by atoms with Crippen LogP contribution in [-0.4, -0.2) is 21.0 Å². The zero-order chi connectivity index (χ0) is 20.0. The van der Waals surface area contributed by atoms with Crippen molar-refractivity contribution in [3.63, 3.8) is 0 Å². The number of nitrogens with one attached hydrogen (secondary N) is 3. The van der Waals surface area contributed by atoms with Crippen molar-refractivity contribution in [2.45, 2.75) is 23.3 Å². The predicted octanol–water partition coefficient (Wildman–Crippen LogP) is 4.80. The van der Waals surface area contributed by atoms with E-state index in [2.05, 4.69) is 16.0 Å². The Labute approximate surface area is 177 Å². The number of rotatable bonds is 5. The maximum Gasteiger partial charge on any atom is 0.255 e. The van der Waals surface area contributed by atoms with Crippen molar-refractivity contribution >= 4 is 63.7 Å². The van der Waals surface area contributed by atoms with Gasteiger partial charge in [-0.15, -0.1) is 0 Å². The van der Waals surface area contributed by atoms with Gasteiger partial charge in [-0.25, -0.2) is 4.39 Å². The Bertz CT molecular complexity index is 829. The molecule has 2 aromatic rings. The molecule has 0 aliphatic carbocycles. The molecule has 0 aliphatic heterocycles. The predicted molar refractivity (Wildman–Crippen MR) is 113 cm³/mol. The van der Waals surface area contributed by atoms with Gasteiger partial charge in [0, 0.05) is 5.69 Å². The largest absolute Gasteiger partial charge is 0.339 e.